The Morgan fingerprint density at radius 2 is 1.02 bits per heavy atom. The molecule has 0 heterocycles. The number of carboxylic acid groups (broad SMARTS) is 2. The molecule has 280 valence electrons. The van der Waals surface area contributed by atoms with Gasteiger partial charge in [0.15, 0.2) is 0 Å². The maximum Gasteiger partial charge on any atom is 0.446 e. The van der Waals surface area contributed by atoms with Crippen LogP contribution in [-0.4, -0.2) is 114 Å². The second kappa shape index (κ2) is 18.6. The molecule has 0 saturated heterocycles. The van der Waals surface area contributed by atoms with Gasteiger partial charge in [0.25, 0.3) is 0 Å². The summed E-state index contributed by atoms with van der Waals surface area (Å²) in [5, 5.41) is 36.3. The second-order valence-electron chi connectivity index (χ2n) is 10.4. The normalized spacial score (nSPS) is 13.7. The summed E-state index contributed by atoms with van der Waals surface area (Å²) >= 11 is 0. The van der Waals surface area contributed by atoms with Gasteiger partial charge in [0, 0.05) is 12.8 Å². The molecule has 2 rings (SSSR count). The van der Waals surface area contributed by atoms with E-state index in [1.54, 1.807) is 0 Å². The number of aliphatic hydroxyl groups is 1. The maximum absolute atomic E-state index is 13.4. The number of hydrogen-bond acceptors (Lipinski definition) is 14. The van der Waals surface area contributed by atoms with E-state index in [0.29, 0.717) is 0 Å². The van der Waals surface area contributed by atoms with Crippen molar-refractivity contribution in [3.63, 3.8) is 0 Å². The van der Waals surface area contributed by atoms with Gasteiger partial charge in [0.2, 0.25) is 23.6 Å². The minimum absolute atomic E-state index is 0.225. The molecule has 4 amide bonds. The zero-order valence-corrected chi connectivity index (χ0v) is 27.6. The van der Waals surface area contributed by atoms with E-state index >= 15 is 0 Å². The van der Waals surface area contributed by atoms with Gasteiger partial charge in [-0.25, -0.2) is 0 Å². The molecule has 51 heavy (non-hydrogen) atoms. The van der Waals surface area contributed by atoms with Gasteiger partial charge in [-0.05, 0) is 35.4 Å². The fraction of sp³-hybridized carbons (Fsp3) is 0.333. The molecule has 2 aromatic carbocycles. The first-order valence-electron chi connectivity index (χ1n) is 14.2. The number of hydrogen-bond donors (Lipinski definition) is 10. The molecular weight excluding hydrogens is 730 g/mol. The first-order valence-corrected chi connectivity index (χ1v) is 16.9. The highest BCUT2D eigenvalue weighted by Crippen LogP contribution is 2.17. The number of aliphatic hydroxyl groups excluding tert-OH is 1. The first kappa shape index (κ1) is 41.8. The van der Waals surface area contributed by atoms with Crippen molar-refractivity contribution in [1.29, 1.82) is 0 Å². The molecule has 0 aliphatic rings. The number of carbonyl (C=O) groups excluding carboxylic acids is 4. The van der Waals surface area contributed by atoms with E-state index in [1.165, 1.54) is 24.3 Å². The Balaban J connectivity index is 2.35. The van der Waals surface area contributed by atoms with Gasteiger partial charge >= 0.3 is 32.7 Å². The lowest BCUT2D eigenvalue weighted by atomic mass is 10.0. The number of nitrogens with two attached hydrogens (primary N) is 1. The van der Waals surface area contributed by atoms with Crippen LogP contribution in [0.3, 0.4) is 0 Å². The van der Waals surface area contributed by atoms with Crippen LogP contribution in [0.2, 0.25) is 0 Å². The van der Waals surface area contributed by atoms with Gasteiger partial charge in [-0.1, -0.05) is 24.3 Å². The summed E-state index contributed by atoms with van der Waals surface area (Å²) in [5.41, 5.74) is 5.98. The van der Waals surface area contributed by atoms with E-state index in [9.17, 15) is 55.8 Å². The van der Waals surface area contributed by atoms with Gasteiger partial charge < -0.3 is 50.7 Å². The van der Waals surface area contributed by atoms with E-state index in [0.717, 1.165) is 24.3 Å². The van der Waals surface area contributed by atoms with Crippen LogP contribution in [0.1, 0.15) is 17.5 Å². The van der Waals surface area contributed by atoms with Crippen LogP contribution >= 0.6 is 0 Å². The quantitative estimate of drug-likeness (QED) is 0.0580. The average Bonchev–Trinajstić information content (AvgIpc) is 3.02. The standard InChI is InChI=1S/C27H33N5O17S2/c28-18(13-33)24(38)30-20(10-15-3-7-17(8-4-15)49-51(45,46)47)26(40)32-21(11-22(34)35)27(41)31-19(25(39)29-12-23(36)37)9-14-1-5-16(6-2-14)48-50(42,43)44/h1-8,18-21,33H,9-13,28H2,(H,29,39)(H,30,38)(H,31,41)(H,32,40)(H,34,35)(H,36,37)(H,42,43,44)(H,45,46,47)/t18-,19-,20-,21-/m0/s1. The third-order valence-electron chi connectivity index (χ3n) is 6.35. The molecule has 11 N–H and O–H groups in total. The van der Waals surface area contributed by atoms with Gasteiger partial charge in [0.05, 0.1) is 13.0 Å². The molecule has 0 aromatic heterocycles. The number of aliphatic carboxylic acids is 2. The van der Waals surface area contributed by atoms with Crippen LogP contribution in [-0.2, 0) is 62.4 Å². The number of rotatable bonds is 20. The Labute approximate surface area is 289 Å². The summed E-state index contributed by atoms with van der Waals surface area (Å²) in [4.78, 5) is 74.8. The molecule has 0 radical (unpaired) electrons. The molecule has 0 bridgehead atoms. The Hall–Kier alpha value is -5.40. The third-order valence-corrected chi connectivity index (χ3v) is 7.16. The van der Waals surface area contributed by atoms with Crippen molar-refractivity contribution in [3.8, 4) is 11.5 Å². The summed E-state index contributed by atoms with van der Waals surface area (Å²) in [6.45, 7) is -1.73. The van der Waals surface area contributed by atoms with Gasteiger partial charge in [-0.3, -0.25) is 37.9 Å². The Bertz CT molecular complexity index is 1800. The highest BCUT2D eigenvalue weighted by molar-refractivity contribution is 7.81. The van der Waals surface area contributed by atoms with Crippen LogP contribution in [0.25, 0.3) is 0 Å². The molecule has 0 saturated carbocycles. The summed E-state index contributed by atoms with van der Waals surface area (Å²) < 4.78 is 70.1. The zero-order valence-electron chi connectivity index (χ0n) is 26.0. The lowest BCUT2D eigenvalue weighted by Crippen LogP contribution is -2.59. The maximum atomic E-state index is 13.4. The fourth-order valence-corrected chi connectivity index (χ4v) is 4.78. The van der Waals surface area contributed by atoms with Gasteiger partial charge in [-0.2, -0.15) is 16.8 Å². The molecule has 0 aliphatic carbocycles. The van der Waals surface area contributed by atoms with Gasteiger partial charge in [0.1, 0.15) is 42.2 Å². The average molecular weight is 764 g/mol. The predicted octanol–water partition coefficient (Wildman–Crippen LogP) is -3.72. The van der Waals surface area contributed by atoms with Crippen LogP contribution in [0, 0.1) is 0 Å². The number of nitrogens with one attached hydrogen (secondary N) is 4. The van der Waals surface area contributed by atoms with Crippen LogP contribution < -0.4 is 35.4 Å². The van der Waals surface area contributed by atoms with E-state index in [-0.39, 0.29) is 29.0 Å². The monoisotopic (exact) mass is 763 g/mol. The van der Waals surface area contributed by atoms with E-state index in [1.807, 2.05) is 5.32 Å². The summed E-state index contributed by atoms with van der Waals surface area (Å²) in [7, 11) is -9.73. The smallest absolute Gasteiger partial charge is 0.446 e. The molecular formula is C27H33N5O17S2. The first-order chi connectivity index (χ1) is 23.6. The van der Waals surface area contributed by atoms with Crippen LogP contribution in [0.5, 0.6) is 11.5 Å². The number of carbonyl (C=O) groups is 6. The van der Waals surface area contributed by atoms with E-state index in [4.69, 9.17) is 19.9 Å². The molecule has 0 unspecified atom stereocenters. The van der Waals surface area contributed by atoms with Crippen molar-refractivity contribution < 1.29 is 78.4 Å². The molecule has 0 aliphatic heterocycles. The molecule has 24 heteroatoms. The van der Waals surface area contributed by atoms with Crippen molar-refractivity contribution >= 4 is 56.4 Å². The molecule has 22 nitrogen and oxygen atoms in total. The predicted molar refractivity (Wildman–Crippen MR) is 168 cm³/mol. The van der Waals surface area contributed by atoms with Crippen LogP contribution in [0.15, 0.2) is 48.5 Å². The Morgan fingerprint density at radius 3 is 1.41 bits per heavy atom. The van der Waals surface area contributed by atoms with E-state index < -0.39 is 107 Å². The SMILES string of the molecule is N[C@@H](CO)C(=O)N[C@@H](Cc1ccc(OS(=O)(=O)O)cc1)C(=O)N[C@@H](CC(=O)O)C(=O)N[C@@H](Cc1ccc(OS(=O)(=O)O)cc1)C(=O)NCC(=O)O. The largest absolute Gasteiger partial charge is 0.481 e. The molecule has 2 aromatic rings. The molecule has 4 atom stereocenters. The van der Waals surface area contributed by atoms with Crippen molar-refractivity contribution in [2.24, 2.45) is 5.73 Å². The topological polar surface area (TPSA) is 364 Å². The Kier molecular flexibility index (Phi) is 15.2. The van der Waals surface area contributed by atoms with Crippen molar-refractivity contribution in [2.75, 3.05) is 13.2 Å². The minimum atomic E-state index is -4.86. The summed E-state index contributed by atoms with van der Waals surface area (Å²) in [6, 6.07) is 2.62. The zero-order chi connectivity index (χ0) is 38.5. The van der Waals surface area contributed by atoms with Crippen molar-refractivity contribution in [3.05, 3.63) is 59.7 Å². The lowest BCUT2D eigenvalue weighted by Gasteiger charge is -2.25. The lowest BCUT2D eigenvalue weighted by molar-refractivity contribution is -0.142. The Morgan fingerprint density at radius 1 is 0.627 bits per heavy atom. The minimum Gasteiger partial charge on any atom is -0.481 e. The number of carboxylic acids is 2. The van der Waals surface area contributed by atoms with Crippen molar-refractivity contribution in [1.82, 2.24) is 21.3 Å². The summed E-state index contributed by atoms with van der Waals surface area (Å²) in [6.07, 6.45) is -1.85. The molecule has 0 fully saturated rings. The van der Waals surface area contributed by atoms with Crippen molar-refractivity contribution in [2.45, 2.75) is 43.4 Å². The fourth-order valence-electron chi connectivity index (χ4n) is 4.07. The second-order valence-corrected chi connectivity index (χ2v) is 12.4. The molecule has 0 spiro atoms. The number of amides is 4. The van der Waals surface area contributed by atoms with Gasteiger partial charge in [-0.15, -0.1) is 0 Å². The third kappa shape index (κ3) is 15.8. The van der Waals surface area contributed by atoms with Crippen LogP contribution in [0.4, 0.5) is 0 Å². The highest BCUT2D eigenvalue weighted by atomic mass is 32.3. The van der Waals surface area contributed by atoms with E-state index in [2.05, 4.69) is 24.3 Å². The summed E-state index contributed by atoms with van der Waals surface area (Å²) in [5.74, 6) is -8.22. The number of benzene rings is 2. The highest BCUT2D eigenvalue weighted by Gasteiger charge is 2.32.